The summed E-state index contributed by atoms with van der Waals surface area (Å²) in [6.45, 7) is 6.08. The standard InChI is InChI=1S/C52H35NOS/c1-3-16-37-38-23-15-27-45(50(38)54-46(37)4-2)53(34-17-6-5-7-18-34)35-31-29-33(30-32-35)36-22-14-26-44-48(36)39-19-8-11-24-42(39)52(44)43-25-12-9-20-40(43)51-49(52)41-21-10-13-28-47(41)55-51/h3-32H,2H2,1H3/b16-3-. The third kappa shape index (κ3) is 4.36. The SMILES string of the molecule is C=Cc1oc2c(N(c3ccccc3)c3ccc(-c4cccc5c4-c4ccccc4C54c5ccccc5-c5sc6ccccc6c54)cc3)cccc2c1/C=C\C. The Labute approximate surface area is 324 Å². The first-order valence-electron chi connectivity index (χ1n) is 18.8. The van der Waals surface area contributed by atoms with Crippen LogP contribution in [0.15, 0.2) is 181 Å². The van der Waals surface area contributed by atoms with Gasteiger partial charge in [0.1, 0.15) is 5.76 Å². The van der Waals surface area contributed by atoms with E-state index in [0.29, 0.717) is 0 Å². The maximum absolute atomic E-state index is 6.54. The van der Waals surface area contributed by atoms with Crippen LogP contribution in [0.2, 0.25) is 0 Å². The summed E-state index contributed by atoms with van der Waals surface area (Å²) in [5, 5.41) is 2.41. The van der Waals surface area contributed by atoms with Gasteiger partial charge in [-0.15, -0.1) is 11.3 Å². The van der Waals surface area contributed by atoms with E-state index < -0.39 is 5.41 Å². The third-order valence-corrected chi connectivity index (χ3v) is 12.8. The number of hydrogen-bond donors (Lipinski definition) is 0. The Morgan fingerprint density at radius 3 is 2.04 bits per heavy atom. The molecule has 2 nitrogen and oxygen atoms in total. The molecule has 7 aromatic carbocycles. The number of rotatable bonds is 6. The average molecular weight is 722 g/mol. The van der Waals surface area contributed by atoms with Gasteiger partial charge in [0.25, 0.3) is 0 Å². The van der Waals surface area contributed by atoms with E-state index >= 15 is 0 Å². The van der Waals surface area contributed by atoms with Gasteiger partial charge in [0.15, 0.2) is 5.58 Å². The second-order valence-electron chi connectivity index (χ2n) is 14.3. The van der Waals surface area contributed by atoms with Crippen LogP contribution in [0.5, 0.6) is 0 Å². The van der Waals surface area contributed by atoms with E-state index in [0.717, 1.165) is 39.4 Å². The molecular weight excluding hydrogens is 687 g/mol. The minimum atomic E-state index is -0.394. The van der Waals surface area contributed by atoms with E-state index in [9.17, 15) is 0 Å². The monoisotopic (exact) mass is 721 g/mol. The molecule has 2 heterocycles. The largest absolute Gasteiger partial charge is 0.454 e. The Bertz CT molecular complexity index is 3020. The van der Waals surface area contributed by atoms with Gasteiger partial charge >= 0.3 is 0 Å². The number of thiophene rings is 1. The van der Waals surface area contributed by atoms with Crippen molar-refractivity contribution in [1.82, 2.24) is 0 Å². The Morgan fingerprint density at radius 1 is 0.600 bits per heavy atom. The number of hydrogen-bond acceptors (Lipinski definition) is 3. The van der Waals surface area contributed by atoms with Gasteiger partial charge in [-0.3, -0.25) is 0 Å². The molecule has 3 heteroatoms. The quantitative estimate of drug-likeness (QED) is 0.170. The number of anilines is 3. The first kappa shape index (κ1) is 31.8. The van der Waals surface area contributed by atoms with Crippen molar-refractivity contribution in [3.63, 3.8) is 0 Å². The normalized spacial score (nSPS) is 15.1. The van der Waals surface area contributed by atoms with Gasteiger partial charge < -0.3 is 9.32 Å². The van der Waals surface area contributed by atoms with Crippen molar-refractivity contribution in [3.8, 4) is 32.7 Å². The summed E-state index contributed by atoms with van der Waals surface area (Å²) in [5.74, 6) is 0.771. The molecule has 1 spiro atoms. The summed E-state index contributed by atoms with van der Waals surface area (Å²) >= 11 is 1.93. The Hall–Kier alpha value is -6.68. The van der Waals surface area contributed by atoms with Crippen LogP contribution in [0, 0.1) is 0 Å². The molecule has 1 atom stereocenters. The molecule has 0 amide bonds. The van der Waals surface area contributed by atoms with E-state index in [1.807, 2.05) is 24.3 Å². The van der Waals surface area contributed by atoms with E-state index in [1.54, 1.807) is 6.08 Å². The Kier molecular flexibility index (Phi) is 7.04. The van der Waals surface area contributed by atoms with Crippen LogP contribution in [-0.2, 0) is 5.41 Å². The van der Waals surface area contributed by atoms with Crippen LogP contribution in [0.3, 0.4) is 0 Å². The van der Waals surface area contributed by atoms with Crippen molar-refractivity contribution < 1.29 is 4.42 Å². The first-order chi connectivity index (χ1) is 27.2. The van der Waals surface area contributed by atoms with Crippen LogP contribution in [0.4, 0.5) is 17.1 Å². The maximum Gasteiger partial charge on any atom is 0.159 e. The summed E-state index contributed by atoms with van der Waals surface area (Å²) < 4.78 is 7.88. The molecule has 2 aliphatic rings. The lowest BCUT2D eigenvalue weighted by atomic mass is 9.70. The smallest absolute Gasteiger partial charge is 0.159 e. The molecular formula is C52H35NOS. The molecule has 2 aliphatic carbocycles. The molecule has 1 unspecified atom stereocenters. The molecule has 0 radical (unpaired) electrons. The number of fused-ring (bicyclic) bond motifs is 13. The molecule has 260 valence electrons. The van der Waals surface area contributed by atoms with Crippen LogP contribution in [-0.4, -0.2) is 0 Å². The van der Waals surface area contributed by atoms with E-state index in [4.69, 9.17) is 4.42 Å². The van der Waals surface area contributed by atoms with Crippen molar-refractivity contribution >= 4 is 61.6 Å². The fourth-order valence-electron chi connectivity index (χ4n) is 9.48. The summed E-state index contributed by atoms with van der Waals surface area (Å²) in [7, 11) is 0. The molecule has 0 aliphatic heterocycles. The maximum atomic E-state index is 6.54. The van der Waals surface area contributed by atoms with Crippen molar-refractivity contribution in [2.45, 2.75) is 12.3 Å². The summed E-state index contributed by atoms with van der Waals surface area (Å²) in [6, 6.07) is 60.1. The lowest BCUT2D eigenvalue weighted by Gasteiger charge is -2.30. The number of para-hydroxylation sites is 2. The first-order valence-corrected chi connectivity index (χ1v) is 19.7. The average Bonchev–Trinajstić information content (AvgIpc) is 3.97. The number of benzene rings is 7. The lowest BCUT2D eigenvalue weighted by molar-refractivity contribution is 0.604. The van der Waals surface area contributed by atoms with Crippen LogP contribution in [0.1, 0.15) is 40.5 Å². The van der Waals surface area contributed by atoms with Crippen LogP contribution < -0.4 is 4.90 Å². The highest BCUT2D eigenvalue weighted by Gasteiger charge is 2.53. The zero-order valence-electron chi connectivity index (χ0n) is 30.3. The highest BCUT2D eigenvalue weighted by atomic mass is 32.1. The van der Waals surface area contributed by atoms with E-state index in [1.165, 1.54) is 65.0 Å². The molecule has 11 rings (SSSR count). The summed E-state index contributed by atoms with van der Waals surface area (Å²) in [6.07, 6.45) is 5.94. The summed E-state index contributed by atoms with van der Waals surface area (Å²) in [5.41, 5.74) is 16.5. The minimum absolute atomic E-state index is 0.394. The second-order valence-corrected chi connectivity index (χ2v) is 15.4. The van der Waals surface area contributed by atoms with Crippen LogP contribution >= 0.6 is 11.3 Å². The van der Waals surface area contributed by atoms with E-state index in [-0.39, 0.29) is 0 Å². The molecule has 2 aromatic heterocycles. The second kappa shape index (κ2) is 12.2. The molecule has 0 bridgehead atoms. The fraction of sp³-hybridized carbons (Fsp3) is 0.0385. The zero-order valence-corrected chi connectivity index (χ0v) is 31.1. The van der Waals surface area contributed by atoms with Gasteiger partial charge in [-0.2, -0.15) is 0 Å². The predicted molar refractivity (Wildman–Crippen MR) is 233 cm³/mol. The highest BCUT2D eigenvalue weighted by Crippen LogP contribution is 2.66. The lowest BCUT2D eigenvalue weighted by Crippen LogP contribution is -2.25. The molecule has 9 aromatic rings. The van der Waals surface area contributed by atoms with Gasteiger partial charge in [0.05, 0.1) is 11.1 Å². The Morgan fingerprint density at radius 2 is 1.24 bits per heavy atom. The molecule has 0 saturated carbocycles. The third-order valence-electron chi connectivity index (χ3n) is 11.6. The van der Waals surface area contributed by atoms with Gasteiger partial charge in [-0.25, -0.2) is 0 Å². The predicted octanol–water partition coefficient (Wildman–Crippen LogP) is 14.8. The topological polar surface area (TPSA) is 16.4 Å². The van der Waals surface area contributed by atoms with Gasteiger partial charge in [-0.1, -0.05) is 146 Å². The van der Waals surface area contributed by atoms with Crippen molar-refractivity contribution in [1.29, 1.82) is 0 Å². The number of nitrogens with zero attached hydrogens (tertiary/aromatic N) is 1. The van der Waals surface area contributed by atoms with Gasteiger partial charge in [0, 0.05) is 31.9 Å². The molecule has 0 N–H and O–H groups in total. The van der Waals surface area contributed by atoms with Gasteiger partial charge in [0.2, 0.25) is 0 Å². The minimum Gasteiger partial charge on any atom is -0.454 e. The highest BCUT2D eigenvalue weighted by molar-refractivity contribution is 7.22. The van der Waals surface area contributed by atoms with Gasteiger partial charge in [-0.05, 0) is 105 Å². The van der Waals surface area contributed by atoms with Crippen molar-refractivity contribution in [3.05, 3.63) is 210 Å². The fourth-order valence-corrected chi connectivity index (χ4v) is 10.8. The zero-order chi connectivity index (χ0) is 36.7. The van der Waals surface area contributed by atoms with Crippen LogP contribution in [0.25, 0.3) is 65.9 Å². The summed E-state index contributed by atoms with van der Waals surface area (Å²) in [4.78, 5) is 3.68. The van der Waals surface area contributed by atoms with Crippen molar-refractivity contribution in [2.75, 3.05) is 4.90 Å². The Balaban J connectivity index is 1.11. The molecule has 55 heavy (non-hydrogen) atoms. The molecule has 0 saturated heterocycles. The van der Waals surface area contributed by atoms with Crippen molar-refractivity contribution in [2.24, 2.45) is 0 Å². The molecule has 0 fully saturated rings. The number of allylic oxidation sites excluding steroid dienone is 1. The van der Waals surface area contributed by atoms with E-state index in [2.05, 4.69) is 181 Å². The number of furan rings is 1.